The molecule has 4 unspecified atom stereocenters. The lowest BCUT2D eigenvalue weighted by Gasteiger charge is -2.16. The number of H-pyrrole nitrogens is 1. The van der Waals surface area contributed by atoms with Crippen LogP contribution in [0.4, 0.5) is 10.2 Å². The number of fused-ring (bicyclic) bond motifs is 1. The second kappa shape index (κ2) is 8.72. The summed E-state index contributed by atoms with van der Waals surface area (Å²) < 4.78 is 35.7. The van der Waals surface area contributed by atoms with E-state index in [1.54, 1.807) is 0 Å². The van der Waals surface area contributed by atoms with E-state index in [1.165, 1.54) is 18.2 Å². The van der Waals surface area contributed by atoms with Crippen molar-refractivity contribution in [2.24, 2.45) is 0 Å². The van der Waals surface area contributed by atoms with E-state index >= 15 is 0 Å². The lowest BCUT2D eigenvalue weighted by atomic mass is 10.1. The van der Waals surface area contributed by atoms with Crippen LogP contribution in [0, 0.1) is 5.82 Å². The number of anilines is 1. The first-order chi connectivity index (χ1) is 15.5. The van der Waals surface area contributed by atoms with E-state index in [0.29, 0.717) is 0 Å². The lowest BCUT2D eigenvalue weighted by Crippen LogP contribution is -2.33. The zero-order valence-corrected chi connectivity index (χ0v) is 17.3. The van der Waals surface area contributed by atoms with Gasteiger partial charge in [0.25, 0.3) is 5.91 Å². The molecule has 1 aromatic carbocycles. The molecule has 14 nitrogen and oxygen atoms in total. The molecule has 6 N–H and O–H groups in total. The summed E-state index contributed by atoms with van der Waals surface area (Å²) in [4.78, 5) is 52.2. The number of phosphoric ester groups is 1. The summed E-state index contributed by atoms with van der Waals surface area (Å²) in [6, 6.07) is 5.18. The number of halogens is 1. The summed E-state index contributed by atoms with van der Waals surface area (Å²) in [6.07, 6.45) is -4.78. The summed E-state index contributed by atoms with van der Waals surface area (Å²) >= 11 is 0. The molecule has 1 amide bonds. The van der Waals surface area contributed by atoms with E-state index in [2.05, 4.69) is 24.8 Å². The van der Waals surface area contributed by atoms with Gasteiger partial charge in [0.1, 0.15) is 35.5 Å². The Balaban J connectivity index is 1.64. The number of aliphatic hydroxyl groups excluding tert-OH is 2. The Morgan fingerprint density at radius 3 is 2.73 bits per heavy atom. The van der Waals surface area contributed by atoms with Gasteiger partial charge in [-0.15, -0.1) is 0 Å². The van der Waals surface area contributed by atoms with Crippen LogP contribution in [-0.4, -0.2) is 70.3 Å². The topological polar surface area (TPSA) is 209 Å². The first kappa shape index (κ1) is 23.1. The van der Waals surface area contributed by atoms with Gasteiger partial charge in [0.05, 0.1) is 18.5 Å². The molecule has 0 aliphatic carbocycles. The number of hydrogen-bond acceptors (Lipinski definition) is 9. The molecule has 0 saturated carbocycles. The number of nitrogens with zero attached hydrogens (tertiary/aromatic N) is 3. The van der Waals surface area contributed by atoms with Crippen LogP contribution >= 0.6 is 7.82 Å². The second-order valence-corrected chi connectivity index (χ2v) is 8.25. The molecular formula is C17H17FN5O9P. The number of phosphoric acid groups is 1. The van der Waals surface area contributed by atoms with Crippen molar-refractivity contribution in [3.05, 3.63) is 52.5 Å². The van der Waals surface area contributed by atoms with Crippen molar-refractivity contribution in [2.45, 2.75) is 24.5 Å². The zero-order valence-electron chi connectivity index (χ0n) is 16.4. The van der Waals surface area contributed by atoms with Crippen LogP contribution in [0.2, 0.25) is 0 Å². The number of nitrogens with one attached hydrogen (secondary N) is 2. The molecule has 1 saturated heterocycles. The predicted molar refractivity (Wildman–Crippen MR) is 106 cm³/mol. The molecule has 3 heterocycles. The molecule has 33 heavy (non-hydrogen) atoms. The number of aliphatic hydroxyl groups is 2. The van der Waals surface area contributed by atoms with Crippen LogP contribution in [-0.2, 0) is 13.8 Å². The highest BCUT2D eigenvalue weighted by Gasteiger charge is 2.45. The third-order valence-corrected chi connectivity index (χ3v) is 5.30. The van der Waals surface area contributed by atoms with Gasteiger partial charge in [-0.1, -0.05) is 12.1 Å². The molecule has 1 aliphatic rings. The maximum atomic E-state index is 13.9. The Morgan fingerprint density at radius 2 is 2.03 bits per heavy atom. The maximum Gasteiger partial charge on any atom is 0.469 e. The Labute approximate surface area is 182 Å². The van der Waals surface area contributed by atoms with E-state index in [9.17, 15) is 28.8 Å². The Kier molecular flexibility index (Phi) is 6.11. The summed E-state index contributed by atoms with van der Waals surface area (Å²) in [7, 11) is -4.86. The van der Waals surface area contributed by atoms with Crippen LogP contribution in [0.15, 0.2) is 35.4 Å². The Morgan fingerprint density at radius 1 is 1.30 bits per heavy atom. The largest absolute Gasteiger partial charge is 0.469 e. The van der Waals surface area contributed by atoms with E-state index in [4.69, 9.17) is 14.5 Å². The minimum atomic E-state index is -4.86. The van der Waals surface area contributed by atoms with Gasteiger partial charge in [0.2, 0.25) is 0 Å². The molecule has 0 bridgehead atoms. The van der Waals surface area contributed by atoms with Gasteiger partial charge in [-0.25, -0.2) is 18.7 Å². The standard InChI is InChI=1S/C17H17FN5O9P/c18-8-4-2-1-3-7(8)15(26)20-13-10-14(22-17(27)21-13)23(6-19-10)16-12(25)11(24)9(32-16)5-31-33(28,29)30/h1-4,6,9,11-12,16,24-25H,5H2,(H2,28,29,30)(H2,20,21,22,26,27). The van der Waals surface area contributed by atoms with Crippen LogP contribution in [0.1, 0.15) is 16.6 Å². The highest BCUT2D eigenvalue weighted by molar-refractivity contribution is 7.46. The normalized spacial score (nSPS) is 23.2. The molecule has 4 atom stereocenters. The number of aromatic amines is 1. The third-order valence-electron chi connectivity index (χ3n) is 4.82. The number of hydrogen-bond donors (Lipinski definition) is 6. The molecule has 1 aliphatic heterocycles. The number of ether oxygens (including phenoxy) is 1. The first-order valence-electron chi connectivity index (χ1n) is 9.29. The summed E-state index contributed by atoms with van der Waals surface area (Å²) in [5.74, 6) is -1.85. The van der Waals surface area contributed by atoms with Crippen molar-refractivity contribution in [3.63, 3.8) is 0 Å². The fraction of sp³-hybridized carbons (Fsp3) is 0.294. The number of amides is 1. The number of aromatic nitrogens is 4. The molecule has 0 radical (unpaired) electrons. The van der Waals surface area contributed by atoms with Gasteiger partial charge in [-0.2, -0.15) is 4.98 Å². The van der Waals surface area contributed by atoms with Gasteiger partial charge in [0, 0.05) is 0 Å². The van der Waals surface area contributed by atoms with Crippen LogP contribution in [0.25, 0.3) is 11.2 Å². The van der Waals surface area contributed by atoms with Crippen molar-refractivity contribution in [1.82, 2.24) is 19.5 Å². The van der Waals surface area contributed by atoms with E-state index in [0.717, 1.165) is 17.0 Å². The fourth-order valence-corrected chi connectivity index (χ4v) is 3.64. The molecular weight excluding hydrogens is 468 g/mol. The molecule has 176 valence electrons. The smallest absolute Gasteiger partial charge is 0.387 e. The first-order valence-corrected chi connectivity index (χ1v) is 10.8. The van der Waals surface area contributed by atoms with E-state index in [-0.39, 0.29) is 22.5 Å². The van der Waals surface area contributed by atoms with Crippen molar-refractivity contribution < 1.29 is 43.0 Å². The average Bonchev–Trinajstić information content (AvgIpc) is 3.27. The van der Waals surface area contributed by atoms with Gasteiger partial charge in [0.15, 0.2) is 11.9 Å². The van der Waals surface area contributed by atoms with Gasteiger partial charge in [-0.05, 0) is 12.1 Å². The Bertz CT molecular complexity index is 1310. The van der Waals surface area contributed by atoms with Crippen LogP contribution < -0.4 is 11.0 Å². The van der Waals surface area contributed by atoms with Crippen LogP contribution in [0.3, 0.4) is 0 Å². The van der Waals surface area contributed by atoms with Crippen molar-refractivity contribution in [1.29, 1.82) is 0 Å². The van der Waals surface area contributed by atoms with E-state index < -0.39 is 56.4 Å². The van der Waals surface area contributed by atoms with Gasteiger partial charge in [-0.3, -0.25) is 18.9 Å². The molecule has 3 aromatic rings. The minimum Gasteiger partial charge on any atom is -0.387 e. The number of imidazole rings is 1. The second-order valence-electron chi connectivity index (χ2n) is 7.01. The van der Waals surface area contributed by atoms with Crippen LogP contribution in [0.5, 0.6) is 0 Å². The number of rotatable bonds is 6. The van der Waals surface area contributed by atoms with Gasteiger partial charge >= 0.3 is 13.5 Å². The van der Waals surface area contributed by atoms with Crippen molar-refractivity contribution in [2.75, 3.05) is 11.9 Å². The number of carbonyl (C=O) groups is 1. The predicted octanol–water partition coefficient (Wildman–Crippen LogP) is -0.760. The minimum absolute atomic E-state index is 0.0421. The Hall–Kier alpha value is -3.04. The number of benzene rings is 1. The maximum absolute atomic E-state index is 13.9. The molecule has 2 aromatic heterocycles. The fourth-order valence-electron chi connectivity index (χ4n) is 3.30. The molecule has 4 rings (SSSR count). The van der Waals surface area contributed by atoms with Crippen molar-refractivity contribution >= 4 is 30.7 Å². The zero-order chi connectivity index (χ0) is 23.9. The molecule has 16 heteroatoms. The SMILES string of the molecule is O=C(Nc1[nH]c(=O)nc2c1ncn2C1OC(COP(=O)(O)O)C(O)C1O)c1ccccc1F. The summed E-state index contributed by atoms with van der Waals surface area (Å²) in [5, 5.41) is 22.8. The summed E-state index contributed by atoms with van der Waals surface area (Å²) in [6.45, 7) is -0.733. The molecule has 1 fully saturated rings. The van der Waals surface area contributed by atoms with Crippen molar-refractivity contribution in [3.8, 4) is 0 Å². The molecule has 0 spiro atoms. The summed E-state index contributed by atoms with van der Waals surface area (Å²) in [5.41, 5.74) is -1.40. The van der Waals surface area contributed by atoms with Gasteiger partial charge < -0.3 is 30.1 Å². The lowest BCUT2D eigenvalue weighted by molar-refractivity contribution is -0.0504. The quantitative estimate of drug-likeness (QED) is 0.239. The monoisotopic (exact) mass is 485 g/mol. The highest BCUT2D eigenvalue weighted by atomic mass is 31.2. The number of carbonyl (C=O) groups excluding carboxylic acids is 1. The highest BCUT2D eigenvalue weighted by Crippen LogP contribution is 2.38. The van der Waals surface area contributed by atoms with E-state index in [1.807, 2.05) is 0 Å². The third kappa shape index (κ3) is 4.69. The average molecular weight is 485 g/mol.